The molecule has 0 saturated carbocycles. The molecule has 2 aliphatic heterocycles. The lowest BCUT2D eigenvalue weighted by Gasteiger charge is -2.26. The molecular formula is C30H35N5O2. The fraction of sp³-hybridized carbons (Fsp3) is 0.433. The summed E-state index contributed by atoms with van der Waals surface area (Å²) in [5, 5.41) is 6.10. The van der Waals surface area contributed by atoms with Crippen molar-refractivity contribution in [2.75, 3.05) is 13.1 Å². The van der Waals surface area contributed by atoms with Crippen LogP contribution in [0.3, 0.4) is 0 Å². The molecule has 7 heteroatoms. The molecule has 1 aromatic carbocycles. The van der Waals surface area contributed by atoms with Gasteiger partial charge in [-0.15, -0.1) is 0 Å². The van der Waals surface area contributed by atoms with E-state index in [-0.39, 0.29) is 16.9 Å². The number of carbonyl (C=O) groups excluding carboxylic acids is 1. The second-order valence-electron chi connectivity index (χ2n) is 12.1. The Kier molecular flexibility index (Phi) is 5.27. The van der Waals surface area contributed by atoms with Crippen LogP contribution < -0.4 is 0 Å². The van der Waals surface area contributed by atoms with Gasteiger partial charge >= 0.3 is 6.09 Å². The normalized spacial score (nSPS) is 19.6. The van der Waals surface area contributed by atoms with Crippen molar-refractivity contribution >= 4 is 17.1 Å². The number of hydrogen-bond acceptors (Lipinski definition) is 4. The average Bonchev–Trinajstić information content (AvgIpc) is 3.63. The number of ether oxygens (including phenoxy) is 1. The lowest BCUT2D eigenvalue weighted by molar-refractivity contribution is 0.0284. The van der Waals surface area contributed by atoms with Crippen molar-refractivity contribution < 1.29 is 9.53 Å². The standard InChI is InChI=1S/C30H35N5O2/c1-28(2,3)37-27(36)34-13-11-30(19-34)12-14-35-25(30)16-24(33-35)20-15-22-23(18-32-26(22)31-17-20)29(4,5)21-9-7-6-8-10-21/h6-10,15-18H,11-14,19H2,1-5H3,(H,31,32). The Hall–Kier alpha value is -3.61. The lowest BCUT2D eigenvalue weighted by atomic mass is 9.78. The third kappa shape index (κ3) is 4.01. The van der Waals surface area contributed by atoms with Gasteiger partial charge in [-0.1, -0.05) is 44.2 Å². The highest BCUT2D eigenvalue weighted by Crippen LogP contribution is 2.44. The number of hydrogen-bond donors (Lipinski definition) is 1. The maximum atomic E-state index is 12.7. The molecule has 5 heterocycles. The van der Waals surface area contributed by atoms with Gasteiger partial charge in [0.1, 0.15) is 11.2 Å². The van der Waals surface area contributed by atoms with Gasteiger partial charge in [0.2, 0.25) is 0 Å². The van der Waals surface area contributed by atoms with Crippen molar-refractivity contribution in [3.63, 3.8) is 0 Å². The molecule has 1 saturated heterocycles. The van der Waals surface area contributed by atoms with E-state index in [4.69, 9.17) is 14.8 Å². The van der Waals surface area contributed by atoms with Crippen LogP contribution in [0.4, 0.5) is 4.79 Å². The maximum Gasteiger partial charge on any atom is 0.410 e. The van der Waals surface area contributed by atoms with Gasteiger partial charge in [-0.3, -0.25) is 4.68 Å². The van der Waals surface area contributed by atoms with Crippen molar-refractivity contribution in [1.82, 2.24) is 24.6 Å². The van der Waals surface area contributed by atoms with E-state index in [0.717, 1.165) is 41.7 Å². The van der Waals surface area contributed by atoms with Crippen LogP contribution in [-0.2, 0) is 22.1 Å². The molecule has 1 atom stereocenters. The molecule has 37 heavy (non-hydrogen) atoms. The minimum Gasteiger partial charge on any atom is -0.444 e. The zero-order chi connectivity index (χ0) is 26.0. The highest BCUT2D eigenvalue weighted by molar-refractivity contribution is 5.85. The van der Waals surface area contributed by atoms with Crippen LogP contribution in [0.2, 0.25) is 0 Å². The summed E-state index contributed by atoms with van der Waals surface area (Å²) in [5.41, 5.74) is 5.80. The van der Waals surface area contributed by atoms with Crippen molar-refractivity contribution in [2.24, 2.45) is 0 Å². The van der Waals surface area contributed by atoms with Gasteiger partial charge in [0.25, 0.3) is 0 Å². The predicted octanol–water partition coefficient (Wildman–Crippen LogP) is 6.03. The van der Waals surface area contributed by atoms with Gasteiger partial charge in [-0.2, -0.15) is 5.10 Å². The van der Waals surface area contributed by atoms with Crippen LogP contribution in [0, 0.1) is 0 Å². The number of benzene rings is 1. The minimum atomic E-state index is -0.491. The largest absolute Gasteiger partial charge is 0.444 e. The van der Waals surface area contributed by atoms with Gasteiger partial charge in [-0.25, -0.2) is 9.78 Å². The van der Waals surface area contributed by atoms with E-state index < -0.39 is 5.60 Å². The maximum absolute atomic E-state index is 12.7. The number of carbonyl (C=O) groups is 1. The highest BCUT2D eigenvalue weighted by Gasteiger charge is 2.47. The summed E-state index contributed by atoms with van der Waals surface area (Å²) in [6.07, 6.45) is 5.70. The van der Waals surface area contributed by atoms with Crippen LogP contribution in [0.25, 0.3) is 22.3 Å². The van der Waals surface area contributed by atoms with E-state index in [1.54, 1.807) is 0 Å². The first kappa shape index (κ1) is 23.8. The zero-order valence-corrected chi connectivity index (χ0v) is 22.3. The molecule has 6 rings (SSSR count). The van der Waals surface area contributed by atoms with E-state index in [0.29, 0.717) is 13.1 Å². The Bertz CT molecular complexity index is 1480. The molecule has 1 amide bonds. The first-order chi connectivity index (χ1) is 17.6. The fourth-order valence-electron chi connectivity index (χ4n) is 6.04. The third-order valence-electron chi connectivity index (χ3n) is 8.13. The zero-order valence-electron chi connectivity index (χ0n) is 22.3. The number of amides is 1. The summed E-state index contributed by atoms with van der Waals surface area (Å²) in [4.78, 5) is 22.7. The number of aryl methyl sites for hydroxylation is 1. The molecule has 0 aliphatic carbocycles. The van der Waals surface area contributed by atoms with E-state index in [1.165, 1.54) is 16.8 Å². The number of pyridine rings is 1. The Labute approximate surface area is 217 Å². The molecule has 1 spiro atoms. The molecule has 0 bridgehead atoms. The Morgan fingerprint density at radius 3 is 2.57 bits per heavy atom. The smallest absolute Gasteiger partial charge is 0.410 e. The monoisotopic (exact) mass is 497 g/mol. The van der Waals surface area contributed by atoms with Crippen LogP contribution in [-0.4, -0.2) is 49.4 Å². The topological polar surface area (TPSA) is 76.0 Å². The van der Waals surface area contributed by atoms with Crippen LogP contribution in [0.15, 0.2) is 54.9 Å². The first-order valence-electron chi connectivity index (χ1n) is 13.2. The second-order valence-corrected chi connectivity index (χ2v) is 12.1. The quantitative estimate of drug-likeness (QED) is 0.375. The second kappa shape index (κ2) is 8.20. The molecule has 3 aromatic heterocycles. The number of nitrogens with one attached hydrogen (secondary N) is 1. The Balaban J connectivity index is 1.31. The number of likely N-dealkylation sites (tertiary alicyclic amines) is 1. The number of rotatable bonds is 3. The Morgan fingerprint density at radius 1 is 1.05 bits per heavy atom. The van der Waals surface area contributed by atoms with Crippen LogP contribution >= 0.6 is 0 Å². The van der Waals surface area contributed by atoms with Gasteiger partial charge in [0.05, 0.1) is 5.69 Å². The predicted molar refractivity (Wildman–Crippen MR) is 145 cm³/mol. The van der Waals surface area contributed by atoms with Crippen LogP contribution in [0.5, 0.6) is 0 Å². The lowest BCUT2D eigenvalue weighted by Crippen LogP contribution is -2.37. The van der Waals surface area contributed by atoms with Crippen molar-refractivity contribution in [2.45, 2.75) is 70.4 Å². The molecule has 192 valence electrons. The molecule has 1 fully saturated rings. The summed E-state index contributed by atoms with van der Waals surface area (Å²) >= 11 is 0. The van der Waals surface area contributed by atoms with E-state index >= 15 is 0 Å². The van der Waals surface area contributed by atoms with E-state index in [2.05, 4.69) is 72.2 Å². The summed E-state index contributed by atoms with van der Waals surface area (Å²) in [6.45, 7) is 12.5. The van der Waals surface area contributed by atoms with Gasteiger partial charge in [0, 0.05) is 59.5 Å². The number of aromatic nitrogens is 4. The van der Waals surface area contributed by atoms with Crippen molar-refractivity contribution in [3.05, 3.63) is 71.7 Å². The molecule has 1 unspecified atom stereocenters. The van der Waals surface area contributed by atoms with Crippen molar-refractivity contribution in [1.29, 1.82) is 0 Å². The van der Waals surface area contributed by atoms with Gasteiger partial charge in [0.15, 0.2) is 0 Å². The van der Waals surface area contributed by atoms with Gasteiger partial charge in [-0.05, 0) is 56.9 Å². The first-order valence-corrected chi connectivity index (χ1v) is 13.2. The molecule has 2 aliphatic rings. The molecule has 4 aromatic rings. The van der Waals surface area contributed by atoms with Crippen molar-refractivity contribution in [3.8, 4) is 11.3 Å². The third-order valence-corrected chi connectivity index (χ3v) is 8.13. The summed E-state index contributed by atoms with van der Waals surface area (Å²) in [5.74, 6) is 0. The number of nitrogens with zero attached hydrogens (tertiary/aromatic N) is 4. The molecule has 7 nitrogen and oxygen atoms in total. The number of fused-ring (bicyclic) bond motifs is 3. The summed E-state index contributed by atoms with van der Waals surface area (Å²) < 4.78 is 7.77. The fourth-order valence-corrected chi connectivity index (χ4v) is 6.04. The molecule has 0 radical (unpaired) electrons. The van der Waals surface area contributed by atoms with E-state index in [1.807, 2.05) is 31.9 Å². The molecular weight excluding hydrogens is 462 g/mol. The average molecular weight is 498 g/mol. The minimum absolute atomic E-state index is 0.0613. The SMILES string of the molecule is CC(C)(C)OC(=O)N1CCC2(CCn3nc(-c4cnc5[nH]cc(C(C)(C)c6ccccc6)c5c4)cc32)C1. The summed E-state index contributed by atoms with van der Waals surface area (Å²) in [7, 11) is 0. The number of H-pyrrole nitrogens is 1. The number of aromatic amines is 1. The molecule has 1 N–H and O–H groups in total. The van der Waals surface area contributed by atoms with E-state index in [9.17, 15) is 4.79 Å². The highest BCUT2D eigenvalue weighted by atomic mass is 16.6. The Morgan fingerprint density at radius 2 is 1.81 bits per heavy atom. The summed E-state index contributed by atoms with van der Waals surface area (Å²) in [6, 6.07) is 15.0. The van der Waals surface area contributed by atoms with Crippen LogP contribution in [0.1, 0.15) is 64.3 Å². The van der Waals surface area contributed by atoms with Gasteiger partial charge < -0.3 is 14.6 Å².